The first-order chi connectivity index (χ1) is 9.89. The van der Waals surface area contributed by atoms with Crippen LogP contribution in [-0.2, 0) is 14.2 Å². The molecule has 5 nitrogen and oxygen atoms in total. The second kappa shape index (κ2) is 5.34. The van der Waals surface area contributed by atoms with Crippen LogP contribution in [0.3, 0.4) is 0 Å². The summed E-state index contributed by atoms with van der Waals surface area (Å²) in [5.41, 5.74) is 0.713. The average molecular weight is 294 g/mol. The number of ether oxygens (including phenoxy) is 3. The van der Waals surface area contributed by atoms with Gasteiger partial charge in [-0.25, -0.2) is 0 Å². The van der Waals surface area contributed by atoms with Crippen molar-refractivity contribution in [2.45, 2.75) is 63.2 Å². The number of benzene rings is 1. The molecule has 2 saturated heterocycles. The molecule has 3 rings (SSSR count). The summed E-state index contributed by atoms with van der Waals surface area (Å²) in [6.45, 7) is 5.50. The Morgan fingerprint density at radius 1 is 1.10 bits per heavy atom. The molecule has 0 aliphatic carbocycles. The van der Waals surface area contributed by atoms with E-state index in [9.17, 15) is 10.2 Å². The Labute approximate surface area is 124 Å². The Hall–Kier alpha value is -0.980. The standard InChI is InChI=1S/C16H22O5/c1-9-13-15(21-16(2,3)20-13)12(18)14(19-9)11(17)10-7-5-4-6-8-10/h4-9,11-15,17-18H,1-3H3/t9-,11-,12+,13+,14-,15-/m0/s1. The first-order valence-corrected chi connectivity index (χ1v) is 7.31. The predicted molar refractivity (Wildman–Crippen MR) is 75.6 cm³/mol. The molecule has 0 unspecified atom stereocenters. The number of rotatable bonds is 2. The molecule has 2 heterocycles. The zero-order valence-electron chi connectivity index (χ0n) is 12.5. The van der Waals surface area contributed by atoms with E-state index < -0.39 is 30.2 Å². The summed E-state index contributed by atoms with van der Waals surface area (Å²) < 4.78 is 17.4. The number of aliphatic hydroxyl groups is 2. The fourth-order valence-corrected chi connectivity index (χ4v) is 3.14. The largest absolute Gasteiger partial charge is 0.387 e. The quantitative estimate of drug-likeness (QED) is 0.862. The maximum atomic E-state index is 10.5. The van der Waals surface area contributed by atoms with E-state index >= 15 is 0 Å². The van der Waals surface area contributed by atoms with Crippen molar-refractivity contribution in [2.75, 3.05) is 0 Å². The molecule has 6 atom stereocenters. The van der Waals surface area contributed by atoms with Crippen molar-refractivity contribution in [2.24, 2.45) is 0 Å². The van der Waals surface area contributed by atoms with Gasteiger partial charge < -0.3 is 24.4 Å². The molecule has 2 fully saturated rings. The van der Waals surface area contributed by atoms with Crippen molar-refractivity contribution in [3.8, 4) is 0 Å². The van der Waals surface area contributed by atoms with Gasteiger partial charge in [-0.15, -0.1) is 0 Å². The number of fused-ring (bicyclic) bond motifs is 1. The van der Waals surface area contributed by atoms with E-state index in [1.165, 1.54) is 0 Å². The van der Waals surface area contributed by atoms with Crippen LogP contribution in [-0.4, -0.2) is 46.5 Å². The smallest absolute Gasteiger partial charge is 0.164 e. The highest BCUT2D eigenvalue weighted by Crippen LogP contribution is 2.40. The predicted octanol–water partition coefficient (Wildman–Crippen LogP) is 1.39. The Morgan fingerprint density at radius 2 is 1.71 bits per heavy atom. The van der Waals surface area contributed by atoms with Gasteiger partial charge in [0.05, 0.1) is 6.10 Å². The van der Waals surface area contributed by atoms with E-state index in [4.69, 9.17) is 14.2 Å². The molecule has 1 aromatic carbocycles. The Morgan fingerprint density at radius 3 is 2.38 bits per heavy atom. The van der Waals surface area contributed by atoms with Crippen LogP contribution < -0.4 is 0 Å². The van der Waals surface area contributed by atoms with Gasteiger partial charge in [-0.05, 0) is 26.3 Å². The zero-order chi connectivity index (χ0) is 15.2. The van der Waals surface area contributed by atoms with Gasteiger partial charge in [-0.2, -0.15) is 0 Å². The van der Waals surface area contributed by atoms with Crippen molar-refractivity contribution < 1.29 is 24.4 Å². The second-order valence-corrected chi connectivity index (χ2v) is 6.22. The lowest BCUT2D eigenvalue weighted by Gasteiger charge is -2.40. The minimum atomic E-state index is -0.941. The van der Waals surface area contributed by atoms with E-state index in [0.717, 1.165) is 0 Å². The molecule has 2 N–H and O–H groups in total. The second-order valence-electron chi connectivity index (χ2n) is 6.22. The molecule has 0 spiro atoms. The monoisotopic (exact) mass is 294 g/mol. The lowest BCUT2D eigenvalue weighted by Crippen LogP contribution is -2.56. The van der Waals surface area contributed by atoms with Crippen LogP contribution in [0.15, 0.2) is 30.3 Å². The Balaban J connectivity index is 1.82. The number of hydrogen-bond donors (Lipinski definition) is 2. The van der Waals surface area contributed by atoms with Gasteiger partial charge in [0.25, 0.3) is 0 Å². The van der Waals surface area contributed by atoms with E-state index in [1.807, 2.05) is 51.1 Å². The van der Waals surface area contributed by atoms with Crippen molar-refractivity contribution in [3.63, 3.8) is 0 Å². The Kier molecular flexibility index (Phi) is 3.80. The average Bonchev–Trinajstić information content (AvgIpc) is 2.80. The maximum absolute atomic E-state index is 10.5. The summed E-state index contributed by atoms with van der Waals surface area (Å²) in [5, 5.41) is 21.0. The normalized spacial score (nSPS) is 39.8. The summed E-state index contributed by atoms with van der Waals surface area (Å²) in [6, 6.07) is 9.20. The molecule has 0 aromatic heterocycles. The first-order valence-electron chi connectivity index (χ1n) is 7.31. The lowest BCUT2D eigenvalue weighted by atomic mass is 9.90. The van der Waals surface area contributed by atoms with Crippen LogP contribution in [0.4, 0.5) is 0 Å². The van der Waals surface area contributed by atoms with Crippen LogP contribution in [0, 0.1) is 0 Å². The summed E-state index contributed by atoms with van der Waals surface area (Å²) >= 11 is 0. The molecular formula is C16H22O5. The molecule has 0 bridgehead atoms. The van der Waals surface area contributed by atoms with Crippen LogP contribution >= 0.6 is 0 Å². The molecule has 2 aliphatic rings. The summed E-state index contributed by atoms with van der Waals surface area (Å²) in [6.07, 6.45) is -3.66. The molecule has 1 aromatic rings. The molecule has 0 radical (unpaired) electrons. The molecular weight excluding hydrogens is 272 g/mol. The highest BCUT2D eigenvalue weighted by Gasteiger charge is 2.54. The highest BCUT2D eigenvalue weighted by molar-refractivity contribution is 5.19. The molecule has 21 heavy (non-hydrogen) atoms. The van der Waals surface area contributed by atoms with Gasteiger partial charge in [0.2, 0.25) is 0 Å². The minimum absolute atomic E-state index is 0.261. The van der Waals surface area contributed by atoms with Crippen molar-refractivity contribution in [3.05, 3.63) is 35.9 Å². The molecule has 116 valence electrons. The third-order valence-corrected chi connectivity index (χ3v) is 4.12. The van der Waals surface area contributed by atoms with Gasteiger partial charge in [0.1, 0.15) is 30.5 Å². The van der Waals surface area contributed by atoms with Crippen molar-refractivity contribution >= 4 is 0 Å². The fraction of sp³-hybridized carbons (Fsp3) is 0.625. The van der Waals surface area contributed by atoms with Crippen LogP contribution in [0.1, 0.15) is 32.4 Å². The first kappa shape index (κ1) is 14.9. The Bertz CT molecular complexity index is 489. The summed E-state index contributed by atoms with van der Waals surface area (Å²) in [4.78, 5) is 0. The molecule has 2 aliphatic heterocycles. The van der Waals surface area contributed by atoms with Gasteiger partial charge in [-0.3, -0.25) is 0 Å². The van der Waals surface area contributed by atoms with Gasteiger partial charge >= 0.3 is 0 Å². The third kappa shape index (κ3) is 2.72. The van der Waals surface area contributed by atoms with Gasteiger partial charge in [0, 0.05) is 0 Å². The van der Waals surface area contributed by atoms with Crippen molar-refractivity contribution in [1.82, 2.24) is 0 Å². The van der Waals surface area contributed by atoms with E-state index in [0.29, 0.717) is 5.56 Å². The topological polar surface area (TPSA) is 68.2 Å². The van der Waals surface area contributed by atoms with Crippen molar-refractivity contribution in [1.29, 1.82) is 0 Å². The number of aliphatic hydroxyl groups excluding tert-OH is 2. The third-order valence-electron chi connectivity index (χ3n) is 4.12. The molecule has 0 amide bonds. The minimum Gasteiger partial charge on any atom is -0.387 e. The molecule has 0 saturated carbocycles. The SMILES string of the molecule is C[C@@H]1O[C@@H]([C@@H](O)c2ccccc2)[C@@H](O)[C@@H]2OC(C)(C)O[C@@H]21. The maximum Gasteiger partial charge on any atom is 0.164 e. The lowest BCUT2D eigenvalue weighted by molar-refractivity contribution is -0.211. The van der Waals surface area contributed by atoms with Gasteiger partial charge in [-0.1, -0.05) is 30.3 Å². The van der Waals surface area contributed by atoms with Crippen LogP contribution in [0.25, 0.3) is 0 Å². The zero-order valence-corrected chi connectivity index (χ0v) is 12.5. The summed E-state index contributed by atoms with van der Waals surface area (Å²) in [5.74, 6) is -0.749. The highest BCUT2D eigenvalue weighted by atomic mass is 16.8. The van der Waals surface area contributed by atoms with Gasteiger partial charge in [0.15, 0.2) is 5.79 Å². The number of hydrogen-bond acceptors (Lipinski definition) is 5. The van der Waals surface area contributed by atoms with E-state index in [1.54, 1.807) is 0 Å². The summed E-state index contributed by atoms with van der Waals surface area (Å²) in [7, 11) is 0. The van der Waals surface area contributed by atoms with E-state index in [2.05, 4.69) is 0 Å². The van der Waals surface area contributed by atoms with Crippen LogP contribution in [0.2, 0.25) is 0 Å². The molecule has 5 heteroatoms. The van der Waals surface area contributed by atoms with Crippen LogP contribution in [0.5, 0.6) is 0 Å². The fourth-order valence-electron chi connectivity index (χ4n) is 3.14. The van der Waals surface area contributed by atoms with E-state index in [-0.39, 0.29) is 12.2 Å².